The number of hydrogen-bond donors (Lipinski definition) is 1. The molecule has 0 fully saturated rings. The van der Waals surface area contributed by atoms with E-state index >= 15 is 0 Å². The lowest BCUT2D eigenvalue weighted by Gasteiger charge is -2.26. The summed E-state index contributed by atoms with van der Waals surface area (Å²) in [5, 5.41) is 0. The number of ether oxygens (including phenoxy) is 2. The van der Waals surface area contributed by atoms with Gasteiger partial charge in [-0.1, -0.05) is 36.4 Å². The van der Waals surface area contributed by atoms with Crippen molar-refractivity contribution in [3.63, 3.8) is 0 Å². The van der Waals surface area contributed by atoms with Gasteiger partial charge in [-0.05, 0) is 25.8 Å². The Bertz CT molecular complexity index is 513. The molecule has 0 saturated heterocycles. The smallest absolute Gasteiger partial charge is 0.330 e. The fourth-order valence-electron chi connectivity index (χ4n) is 2.02. The lowest BCUT2D eigenvalue weighted by atomic mass is 9.88. The van der Waals surface area contributed by atoms with Gasteiger partial charge < -0.3 is 15.2 Å². The van der Waals surface area contributed by atoms with Crippen LogP contribution < -0.4 is 5.73 Å². The van der Waals surface area contributed by atoms with Crippen molar-refractivity contribution >= 4 is 11.9 Å². The number of nitrogens with two attached hydrogens (primary N) is 1. The van der Waals surface area contributed by atoms with Crippen LogP contribution in [0.1, 0.15) is 25.8 Å². The molecule has 1 aromatic carbocycles. The molecule has 0 bridgehead atoms. The molecule has 0 aromatic heterocycles. The summed E-state index contributed by atoms with van der Waals surface area (Å²) in [6.07, 6.45) is 3.37. The van der Waals surface area contributed by atoms with Gasteiger partial charge in [-0.2, -0.15) is 0 Å². The Kier molecular flexibility index (Phi) is 7.32. The lowest BCUT2D eigenvalue weighted by Crippen LogP contribution is -2.50. The highest BCUT2D eigenvalue weighted by Crippen LogP contribution is 2.18. The molecule has 1 rings (SSSR count). The molecule has 0 heterocycles. The topological polar surface area (TPSA) is 78.6 Å². The third-order valence-corrected chi connectivity index (χ3v) is 3.07. The summed E-state index contributed by atoms with van der Waals surface area (Å²) in [6.45, 7) is 4.02. The molecule has 0 spiro atoms. The van der Waals surface area contributed by atoms with E-state index in [-0.39, 0.29) is 13.0 Å². The van der Waals surface area contributed by atoms with Crippen LogP contribution in [-0.4, -0.2) is 30.7 Å². The van der Waals surface area contributed by atoms with Crippen molar-refractivity contribution in [1.82, 2.24) is 0 Å². The van der Waals surface area contributed by atoms with E-state index in [0.29, 0.717) is 13.0 Å². The van der Waals surface area contributed by atoms with E-state index in [4.69, 9.17) is 15.2 Å². The van der Waals surface area contributed by atoms with Gasteiger partial charge in [0.25, 0.3) is 0 Å². The molecular formula is C17H23NO4. The molecule has 0 saturated carbocycles. The standard InChI is InChI=1S/C17H23NO4/c1-3-21-15(19)11-8-12-17(18,16(20)22-4-2)13-14-9-6-5-7-10-14/h5-11H,3-4,12-13,18H2,1-2H3/b11-8+. The maximum Gasteiger partial charge on any atom is 0.330 e. The first-order chi connectivity index (χ1) is 10.5. The average Bonchev–Trinajstić information content (AvgIpc) is 2.48. The lowest BCUT2D eigenvalue weighted by molar-refractivity contribution is -0.149. The Labute approximate surface area is 131 Å². The van der Waals surface area contributed by atoms with Gasteiger partial charge in [0.15, 0.2) is 0 Å². The number of hydrogen-bond acceptors (Lipinski definition) is 5. The van der Waals surface area contributed by atoms with Crippen LogP contribution in [0, 0.1) is 0 Å². The van der Waals surface area contributed by atoms with E-state index in [1.54, 1.807) is 19.9 Å². The van der Waals surface area contributed by atoms with E-state index < -0.39 is 17.5 Å². The molecular weight excluding hydrogens is 282 g/mol. The number of carbonyl (C=O) groups excluding carboxylic acids is 2. The van der Waals surface area contributed by atoms with Crippen molar-refractivity contribution < 1.29 is 19.1 Å². The van der Waals surface area contributed by atoms with E-state index in [2.05, 4.69) is 0 Å². The number of rotatable bonds is 8. The summed E-state index contributed by atoms with van der Waals surface area (Å²) in [7, 11) is 0. The summed E-state index contributed by atoms with van der Waals surface area (Å²) >= 11 is 0. The average molecular weight is 305 g/mol. The zero-order valence-electron chi connectivity index (χ0n) is 13.1. The molecule has 120 valence electrons. The van der Waals surface area contributed by atoms with Crippen molar-refractivity contribution in [3.05, 3.63) is 48.0 Å². The van der Waals surface area contributed by atoms with Gasteiger partial charge in [-0.15, -0.1) is 0 Å². The SMILES string of the molecule is CCOC(=O)/C=C/CC(N)(Cc1ccccc1)C(=O)OCC. The molecule has 0 aliphatic heterocycles. The van der Waals surface area contributed by atoms with Crippen molar-refractivity contribution in [2.24, 2.45) is 5.73 Å². The second-order valence-electron chi connectivity index (χ2n) is 4.90. The van der Waals surface area contributed by atoms with Crippen LogP contribution in [0.2, 0.25) is 0 Å². The monoisotopic (exact) mass is 305 g/mol. The van der Waals surface area contributed by atoms with Gasteiger partial charge in [0.05, 0.1) is 13.2 Å². The third kappa shape index (κ3) is 5.69. The van der Waals surface area contributed by atoms with Crippen LogP contribution in [0.5, 0.6) is 0 Å². The molecule has 0 aliphatic carbocycles. The molecule has 1 unspecified atom stereocenters. The molecule has 0 amide bonds. The highest BCUT2D eigenvalue weighted by molar-refractivity contribution is 5.83. The second-order valence-corrected chi connectivity index (χ2v) is 4.90. The van der Waals surface area contributed by atoms with E-state index in [1.165, 1.54) is 6.08 Å². The second kappa shape index (κ2) is 9.00. The van der Waals surface area contributed by atoms with Gasteiger partial charge in [0.1, 0.15) is 5.54 Å². The molecule has 22 heavy (non-hydrogen) atoms. The van der Waals surface area contributed by atoms with Crippen LogP contribution in [0.25, 0.3) is 0 Å². The minimum absolute atomic E-state index is 0.194. The van der Waals surface area contributed by atoms with Gasteiger partial charge in [0, 0.05) is 12.5 Å². The van der Waals surface area contributed by atoms with Gasteiger partial charge in [0.2, 0.25) is 0 Å². The minimum atomic E-state index is -1.21. The highest BCUT2D eigenvalue weighted by atomic mass is 16.5. The van der Waals surface area contributed by atoms with E-state index in [1.807, 2.05) is 30.3 Å². The molecule has 0 aliphatic rings. The maximum atomic E-state index is 12.2. The Morgan fingerprint density at radius 2 is 1.77 bits per heavy atom. The van der Waals surface area contributed by atoms with Crippen LogP contribution in [-0.2, 0) is 25.5 Å². The third-order valence-electron chi connectivity index (χ3n) is 3.07. The van der Waals surface area contributed by atoms with Crippen molar-refractivity contribution in [2.75, 3.05) is 13.2 Å². The van der Waals surface area contributed by atoms with Crippen LogP contribution in [0.4, 0.5) is 0 Å². The predicted octanol–water partition coefficient (Wildman–Crippen LogP) is 2.00. The van der Waals surface area contributed by atoms with Crippen molar-refractivity contribution in [2.45, 2.75) is 32.2 Å². The normalized spacial score (nSPS) is 13.6. The summed E-state index contributed by atoms with van der Waals surface area (Å²) in [5.41, 5.74) is 5.97. The van der Waals surface area contributed by atoms with Gasteiger partial charge in [-0.3, -0.25) is 4.79 Å². The fourth-order valence-corrected chi connectivity index (χ4v) is 2.02. The summed E-state index contributed by atoms with van der Waals surface area (Å²) in [4.78, 5) is 23.5. The number of carbonyl (C=O) groups is 2. The van der Waals surface area contributed by atoms with Crippen LogP contribution >= 0.6 is 0 Å². The first-order valence-electron chi connectivity index (χ1n) is 7.35. The molecule has 2 N–H and O–H groups in total. The zero-order valence-corrected chi connectivity index (χ0v) is 13.1. The Balaban J connectivity index is 2.82. The van der Waals surface area contributed by atoms with E-state index in [0.717, 1.165) is 5.56 Å². The summed E-state index contributed by atoms with van der Waals surface area (Å²) in [6, 6.07) is 9.46. The molecule has 0 radical (unpaired) electrons. The Morgan fingerprint density at radius 3 is 2.36 bits per heavy atom. The Morgan fingerprint density at radius 1 is 1.14 bits per heavy atom. The molecule has 1 aromatic rings. The van der Waals surface area contributed by atoms with Crippen molar-refractivity contribution in [1.29, 1.82) is 0 Å². The molecule has 5 nitrogen and oxygen atoms in total. The van der Waals surface area contributed by atoms with Gasteiger partial charge >= 0.3 is 11.9 Å². The van der Waals surface area contributed by atoms with Crippen LogP contribution in [0.3, 0.4) is 0 Å². The maximum absolute atomic E-state index is 12.2. The first kappa shape index (κ1) is 17.9. The fraction of sp³-hybridized carbons (Fsp3) is 0.412. The van der Waals surface area contributed by atoms with Gasteiger partial charge in [-0.25, -0.2) is 4.79 Å². The summed E-state index contributed by atoms with van der Waals surface area (Å²) < 4.78 is 9.87. The quantitative estimate of drug-likeness (QED) is 0.587. The predicted molar refractivity (Wildman–Crippen MR) is 84.1 cm³/mol. The molecule has 5 heteroatoms. The first-order valence-corrected chi connectivity index (χ1v) is 7.35. The largest absolute Gasteiger partial charge is 0.465 e. The van der Waals surface area contributed by atoms with Crippen LogP contribution in [0.15, 0.2) is 42.5 Å². The number of benzene rings is 1. The number of esters is 2. The van der Waals surface area contributed by atoms with E-state index in [9.17, 15) is 9.59 Å². The highest BCUT2D eigenvalue weighted by Gasteiger charge is 2.34. The van der Waals surface area contributed by atoms with Crippen molar-refractivity contribution in [3.8, 4) is 0 Å². The Hall–Kier alpha value is -2.14. The summed E-state index contributed by atoms with van der Waals surface area (Å²) in [5.74, 6) is -0.930. The minimum Gasteiger partial charge on any atom is -0.465 e. The zero-order chi connectivity index (χ0) is 16.4. The molecule has 1 atom stereocenters.